The molecule has 3 nitrogen and oxygen atoms in total. The second kappa shape index (κ2) is 7.48. The Labute approximate surface area is 128 Å². The summed E-state index contributed by atoms with van der Waals surface area (Å²) >= 11 is 0. The quantitative estimate of drug-likeness (QED) is 0.842. The molecule has 1 atom stereocenters. The van der Waals surface area contributed by atoms with Crippen LogP contribution in [0.25, 0.3) is 0 Å². The Kier molecular flexibility index (Phi) is 5.66. The van der Waals surface area contributed by atoms with Crippen molar-refractivity contribution in [3.05, 3.63) is 29.3 Å². The Balaban J connectivity index is 2.08. The summed E-state index contributed by atoms with van der Waals surface area (Å²) < 4.78 is 6.04. The Bertz CT molecular complexity index is 476. The van der Waals surface area contributed by atoms with E-state index in [0.717, 1.165) is 37.2 Å². The molecule has 0 aliphatic carbocycles. The number of likely N-dealkylation sites (tertiary alicyclic amines) is 1. The molecule has 1 unspecified atom stereocenters. The lowest BCUT2D eigenvalue weighted by molar-refractivity contribution is -0.138. The van der Waals surface area contributed by atoms with E-state index in [1.807, 2.05) is 30.9 Å². The van der Waals surface area contributed by atoms with Gasteiger partial charge >= 0.3 is 0 Å². The van der Waals surface area contributed by atoms with Crippen LogP contribution in [0.2, 0.25) is 0 Å². The second-order valence-corrected chi connectivity index (χ2v) is 5.95. The molecule has 21 heavy (non-hydrogen) atoms. The van der Waals surface area contributed by atoms with Crippen molar-refractivity contribution in [3.8, 4) is 5.75 Å². The number of hydrogen-bond donors (Lipinski definition) is 0. The minimum Gasteiger partial charge on any atom is -0.480 e. The Morgan fingerprint density at radius 1 is 1.19 bits per heavy atom. The van der Waals surface area contributed by atoms with Crippen LogP contribution in [0.1, 0.15) is 50.2 Å². The third-order valence-corrected chi connectivity index (χ3v) is 4.39. The van der Waals surface area contributed by atoms with Crippen LogP contribution in [0.5, 0.6) is 5.75 Å². The van der Waals surface area contributed by atoms with E-state index in [4.69, 9.17) is 4.74 Å². The van der Waals surface area contributed by atoms with Crippen LogP contribution in [-0.2, 0) is 4.79 Å². The molecule has 0 bridgehead atoms. The van der Waals surface area contributed by atoms with Gasteiger partial charge in [0.1, 0.15) is 5.75 Å². The zero-order valence-electron chi connectivity index (χ0n) is 13.5. The first kappa shape index (κ1) is 15.9. The van der Waals surface area contributed by atoms with E-state index in [-0.39, 0.29) is 12.0 Å². The average Bonchev–Trinajstić information content (AvgIpc) is 2.77. The Hall–Kier alpha value is -1.51. The molecule has 116 valence electrons. The molecule has 0 spiro atoms. The van der Waals surface area contributed by atoms with Crippen LogP contribution in [0.4, 0.5) is 0 Å². The molecule has 1 fully saturated rings. The van der Waals surface area contributed by atoms with Crippen molar-refractivity contribution in [2.45, 2.75) is 59.0 Å². The molecule has 1 aromatic carbocycles. The van der Waals surface area contributed by atoms with Crippen LogP contribution >= 0.6 is 0 Å². The molecule has 3 heteroatoms. The van der Waals surface area contributed by atoms with E-state index in [1.165, 1.54) is 18.4 Å². The van der Waals surface area contributed by atoms with Gasteiger partial charge in [-0.25, -0.2) is 0 Å². The number of carbonyl (C=O) groups excluding carboxylic acids is 1. The molecule has 1 saturated heterocycles. The van der Waals surface area contributed by atoms with Gasteiger partial charge in [-0.2, -0.15) is 0 Å². The normalized spacial score (nSPS) is 17.2. The Morgan fingerprint density at radius 2 is 1.86 bits per heavy atom. The Morgan fingerprint density at radius 3 is 2.48 bits per heavy atom. The fourth-order valence-electron chi connectivity index (χ4n) is 2.81. The number of hydrogen-bond acceptors (Lipinski definition) is 2. The number of nitrogens with zero attached hydrogens (tertiary/aromatic N) is 1. The maximum atomic E-state index is 12.7. The smallest absolute Gasteiger partial charge is 0.263 e. The standard InChI is InChI=1S/C18H27NO2/c1-4-16(18(20)19-12-7-5-6-8-13-19)21-17-11-9-10-14(2)15(17)3/h9-11,16H,4-8,12-13H2,1-3H3. The third kappa shape index (κ3) is 3.99. The monoisotopic (exact) mass is 289 g/mol. The molecule has 0 saturated carbocycles. The van der Waals surface area contributed by atoms with E-state index >= 15 is 0 Å². The first-order valence-corrected chi connectivity index (χ1v) is 8.15. The lowest BCUT2D eigenvalue weighted by atomic mass is 10.1. The van der Waals surface area contributed by atoms with Crippen molar-refractivity contribution < 1.29 is 9.53 Å². The summed E-state index contributed by atoms with van der Waals surface area (Å²) in [5, 5.41) is 0. The minimum atomic E-state index is -0.358. The number of benzene rings is 1. The lowest BCUT2D eigenvalue weighted by Crippen LogP contribution is -2.42. The van der Waals surface area contributed by atoms with Crippen LogP contribution in [0.15, 0.2) is 18.2 Å². The highest BCUT2D eigenvalue weighted by atomic mass is 16.5. The largest absolute Gasteiger partial charge is 0.480 e. The molecular formula is C18H27NO2. The summed E-state index contributed by atoms with van der Waals surface area (Å²) in [4.78, 5) is 14.7. The summed E-state index contributed by atoms with van der Waals surface area (Å²) in [6, 6.07) is 6.02. The molecule has 1 aliphatic rings. The maximum absolute atomic E-state index is 12.7. The first-order valence-electron chi connectivity index (χ1n) is 8.15. The summed E-state index contributed by atoms with van der Waals surface area (Å²) in [6.45, 7) is 7.90. The number of amides is 1. The minimum absolute atomic E-state index is 0.153. The zero-order chi connectivity index (χ0) is 15.2. The van der Waals surface area contributed by atoms with E-state index < -0.39 is 0 Å². The fourth-order valence-corrected chi connectivity index (χ4v) is 2.81. The van der Waals surface area contributed by atoms with Crippen molar-refractivity contribution in [2.24, 2.45) is 0 Å². The molecule has 0 radical (unpaired) electrons. The summed E-state index contributed by atoms with van der Waals surface area (Å²) in [5.41, 5.74) is 2.32. The lowest BCUT2D eigenvalue weighted by Gasteiger charge is -2.26. The average molecular weight is 289 g/mol. The summed E-state index contributed by atoms with van der Waals surface area (Å²) in [5.74, 6) is 0.991. The molecule has 1 aromatic rings. The molecule has 1 heterocycles. The van der Waals surface area contributed by atoms with Gasteiger partial charge in [0.2, 0.25) is 0 Å². The van der Waals surface area contributed by atoms with E-state index in [9.17, 15) is 4.79 Å². The molecule has 1 aliphatic heterocycles. The summed E-state index contributed by atoms with van der Waals surface area (Å²) in [6.07, 6.45) is 5.06. The summed E-state index contributed by atoms with van der Waals surface area (Å²) in [7, 11) is 0. The number of ether oxygens (including phenoxy) is 1. The molecular weight excluding hydrogens is 262 g/mol. The highest BCUT2D eigenvalue weighted by Crippen LogP contribution is 2.23. The molecule has 0 aromatic heterocycles. The zero-order valence-corrected chi connectivity index (χ0v) is 13.5. The van der Waals surface area contributed by atoms with Gasteiger partial charge in [0, 0.05) is 13.1 Å². The predicted octanol–water partition coefficient (Wildman–Crippen LogP) is 3.86. The number of carbonyl (C=O) groups is 1. The van der Waals surface area contributed by atoms with Gasteiger partial charge in [0.05, 0.1) is 0 Å². The van der Waals surface area contributed by atoms with Gasteiger partial charge in [-0.05, 0) is 50.3 Å². The van der Waals surface area contributed by atoms with Crippen molar-refractivity contribution in [1.82, 2.24) is 4.90 Å². The van der Waals surface area contributed by atoms with Crippen molar-refractivity contribution in [2.75, 3.05) is 13.1 Å². The molecule has 1 amide bonds. The van der Waals surface area contributed by atoms with Crippen molar-refractivity contribution in [3.63, 3.8) is 0 Å². The van der Waals surface area contributed by atoms with Gasteiger partial charge in [-0.15, -0.1) is 0 Å². The van der Waals surface area contributed by atoms with Gasteiger partial charge in [-0.3, -0.25) is 4.79 Å². The fraction of sp³-hybridized carbons (Fsp3) is 0.611. The highest BCUT2D eigenvalue weighted by molar-refractivity contribution is 5.81. The maximum Gasteiger partial charge on any atom is 0.263 e. The predicted molar refractivity (Wildman–Crippen MR) is 85.7 cm³/mol. The number of rotatable bonds is 4. The van der Waals surface area contributed by atoms with Crippen molar-refractivity contribution >= 4 is 5.91 Å². The van der Waals surface area contributed by atoms with Gasteiger partial charge < -0.3 is 9.64 Å². The SMILES string of the molecule is CCC(Oc1cccc(C)c1C)C(=O)N1CCCCCC1. The topological polar surface area (TPSA) is 29.5 Å². The second-order valence-electron chi connectivity index (χ2n) is 5.95. The molecule has 2 rings (SSSR count). The number of aryl methyl sites for hydroxylation is 1. The van der Waals surface area contributed by atoms with E-state index in [2.05, 4.69) is 13.0 Å². The van der Waals surface area contributed by atoms with Gasteiger partial charge in [0.15, 0.2) is 6.10 Å². The first-order chi connectivity index (χ1) is 10.1. The van der Waals surface area contributed by atoms with Crippen LogP contribution in [0, 0.1) is 13.8 Å². The van der Waals surface area contributed by atoms with E-state index in [1.54, 1.807) is 0 Å². The van der Waals surface area contributed by atoms with E-state index in [0.29, 0.717) is 6.42 Å². The van der Waals surface area contributed by atoms with Crippen LogP contribution in [-0.4, -0.2) is 30.0 Å². The van der Waals surface area contributed by atoms with Crippen LogP contribution < -0.4 is 4.74 Å². The van der Waals surface area contributed by atoms with Crippen LogP contribution in [0.3, 0.4) is 0 Å². The van der Waals surface area contributed by atoms with Gasteiger partial charge in [0.25, 0.3) is 5.91 Å². The van der Waals surface area contributed by atoms with Crippen molar-refractivity contribution in [1.29, 1.82) is 0 Å². The highest BCUT2D eigenvalue weighted by Gasteiger charge is 2.25. The molecule has 0 N–H and O–H groups in total. The third-order valence-electron chi connectivity index (χ3n) is 4.39. The van der Waals surface area contributed by atoms with Gasteiger partial charge in [-0.1, -0.05) is 31.9 Å².